The number of rotatable bonds is 6. The average Bonchev–Trinajstić information content (AvgIpc) is 3.19. The van der Waals surface area contributed by atoms with E-state index in [0.717, 1.165) is 27.6 Å². The van der Waals surface area contributed by atoms with Crippen molar-refractivity contribution in [2.24, 2.45) is 0 Å². The van der Waals surface area contributed by atoms with Gasteiger partial charge in [0.1, 0.15) is 5.75 Å². The fourth-order valence-electron chi connectivity index (χ4n) is 2.88. The lowest BCUT2D eigenvalue weighted by molar-refractivity contribution is 0.102. The van der Waals surface area contributed by atoms with Gasteiger partial charge >= 0.3 is 0 Å². The molecule has 0 fully saturated rings. The molecule has 0 spiro atoms. The van der Waals surface area contributed by atoms with Crippen molar-refractivity contribution in [2.45, 2.75) is 40.7 Å². The van der Waals surface area contributed by atoms with Gasteiger partial charge in [-0.2, -0.15) is 5.10 Å². The maximum atomic E-state index is 12.5. The van der Waals surface area contributed by atoms with Crippen LogP contribution in [0.4, 0.5) is 5.13 Å². The van der Waals surface area contributed by atoms with Crippen LogP contribution >= 0.6 is 11.3 Å². The Labute approximate surface area is 163 Å². The van der Waals surface area contributed by atoms with Gasteiger partial charge in [-0.25, -0.2) is 4.98 Å². The largest absolute Gasteiger partial charge is 0.494 e. The smallest absolute Gasteiger partial charge is 0.277 e. The molecule has 0 aliphatic heterocycles. The Morgan fingerprint density at radius 3 is 2.56 bits per heavy atom. The number of aryl methyl sites for hydroxylation is 2. The minimum atomic E-state index is -0.246. The van der Waals surface area contributed by atoms with Crippen LogP contribution in [0.2, 0.25) is 0 Å². The molecule has 0 unspecified atom stereocenters. The average molecular weight is 385 g/mol. The summed E-state index contributed by atoms with van der Waals surface area (Å²) in [5.41, 5.74) is 3.21. The maximum absolute atomic E-state index is 12.5. The van der Waals surface area contributed by atoms with Crippen LogP contribution in [0.25, 0.3) is 11.3 Å². The molecule has 3 rings (SSSR count). The number of amides is 1. The molecule has 2 heterocycles. The van der Waals surface area contributed by atoms with Gasteiger partial charge in [-0.05, 0) is 65.0 Å². The Morgan fingerprint density at radius 2 is 1.96 bits per heavy atom. The minimum absolute atomic E-state index is 0.208. The normalized spacial score (nSPS) is 11.0. The van der Waals surface area contributed by atoms with Gasteiger partial charge in [0.15, 0.2) is 10.8 Å². The second-order valence-electron chi connectivity index (χ2n) is 6.54. The van der Waals surface area contributed by atoms with Crippen LogP contribution in [0.5, 0.6) is 5.75 Å². The highest BCUT2D eigenvalue weighted by Gasteiger charge is 2.17. The highest BCUT2D eigenvalue weighted by molar-refractivity contribution is 7.16. The third kappa shape index (κ3) is 4.19. The third-order valence-electron chi connectivity index (χ3n) is 4.10. The number of carbonyl (C=O) groups excluding carboxylic acids is 1. The standard InChI is InChI=1S/C20H24N4O2S/c1-6-26-16-9-7-15(8-10-16)18-14(5)27-20(21-18)22-19(25)17-11-13(4)24(23-17)12(2)3/h7-12H,6H2,1-5H3,(H,21,22,25). The molecule has 142 valence electrons. The lowest BCUT2D eigenvalue weighted by Gasteiger charge is -2.06. The number of nitrogens with zero attached hydrogens (tertiary/aromatic N) is 3. The summed E-state index contributed by atoms with van der Waals surface area (Å²) in [6.07, 6.45) is 0. The summed E-state index contributed by atoms with van der Waals surface area (Å²) < 4.78 is 7.32. The van der Waals surface area contributed by atoms with Crippen molar-refractivity contribution >= 4 is 22.4 Å². The molecular formula is C20H24N4O2S. The van der Waals surface area contributed by atoms with Crippen molar-refractivity contribution in [3.8, 4) is 17.0 Å². The summed E-state index contributed by atoms with van der Waals surface area (Å²) in [7, 11) is 0. The van der Waals surface area contributed by atoms with Gasteiger partial charge in [-0.15, -0.1) is 11.3 Å². The van der Waals surface area contributed by atoms with Gasteiger partial charge in [-0.3, -0.25) is 14.8 Å². The Balaban J connectivity index is 1.78. The van der Waals surface area contributed by atoms with Crippen LogP contribution in [-0.2, 0) is 0 Å². The van der Waals surface area contributed by atoms with Crippen LogP contribution in [0.3, 0.4) is 0 Å². The van der Waals surface area contributed by atoms with Crippen molar-refractivity contribution in [2.75, 3.05) is 11.9 Å². The Bertz CT molecular complexity index is 942. The van der Waals surface area contributed by atoms with Crippen molar-refractivity contribution in [1.29, 1.82) is 0 Å². The van der Waals surface area contributed by atoms with E-state index in [-0.39, 0.29) is 11.9 Å². The number of carbonyl (C=O) groups is 1. The number of aromatic nitrogens is 3. The molecule has 2 aromatic heterocycles. The number of nitrogens with one attached hydrogen (secondary N) is 1. The molecule has 1 N–H and O–H groups in total. The Morgan fingerprint density at radius 1 is 1.26 bits per heavy atom. The first-order chi connectivity index (χ1) is 12.9. The second-order valence-corrected chi connectivity index (χ2v) is 7.75. The minimum Gasteiger partial charge on any atom is -0.494 e. The summed E-state index contributed by atoms with van der Waals surface area (Å²) in [5, 5.41) is 7.82. The van der Waals surface area contributed by atoms with E-state index in [1.807, 2.05) is 63.6 Å². The molecule has 1 amide bonds. The Hall–Kier alpha value is -2.67. The van der Waals surface area contributed by atoms with Crippen LogP contribution in [0, 0.1) is 13.8 Å². The first kappa shape index (κ1) is 19.1. The van der Waals surface area contributed by atoms with Gasteiger partial charge in [-0.1, -0.05) is 0 Å². The van der Waals surface area contributed by atoms with Crippen LogP contribution < -0.4 is 10.1 Å². The zero-order chi connectivity index (χ0) is 19.6. The van der Waals surface area contributed by atoms with E-state index in [1.165, 1.54) is 11.3 Å². The van der Waals surface area contributed by atoms with E-state index in [0.29, 0.717) is 17.4 Å². The third-order valence-corrected chi connectivity index (χ3v) is 4.99. The summed E-state index contributed by atoms with van der Waals surface area (Å²) in [5.74, 6) is 0.586. The first-order valence-electron chi connectivity index (χ1n) is 8.97. The van der Waals surface area contributed by atoms with Gasteiger partial charge in [0.2, 0.25) is 0 Å². The van der Waals surface area contributed by atoms with Crippen molar-refractivity contribution in [1.82, 2.24) is 14.8 Å². The molecule has 7 heteroatoms. The molecule has 0 bridgehead atoms. The highest BCUT2D eigenvalue weighted by Crippen LogP contribution is 2.31. The summed E-state index contributed by atoms with van der Waals surface area (Å²) in [4.78, 5) is 18.2. The van der Waals surface area contributed by atoms with Gasteiger partial charge in [0.05, 0.1) is 12.3 Å². The fraction of sp³-hybridized carbons (Fsp3) is 0.350. The molecule has 0 radical (unpaired) electrons. The van der Waals surface area contributed by atoms with Crippen LogP contribution in [0.1, 0.15) is 47.9 Å². The van der Waals surface area contributed by atoms with Crippen molar-refractivity contribution in [3.05, 3.63) is 46.6 Å². The summed E-state index contributed by atoms with van der Waals surface area (Å²) >= 11 is 1.46. The first-order valence-corrected chi connectivity index (χ1v) is 9.78. The number of thiazole rings is 1. The van der Waals surface area contributed by atoms with Crippen LogP contribution in [-0.4, -0.2) is 27.3 Å². The summed E-state index contributed by atoms with van der Waals surface area (Å²) in [6, 6.07) is 9.82. The molecule has 1 aromatic carbocycles. The zero-order valence-electron chi connectivity index (χ0n) is 16.2. The molecule has 6 nitrogen and oxygen atoms in total. The van der Waals surface area contributed by atoms with Gasteiger partial charge in [0.25, 0.3) is 5.91 Å². The van der Waals surface area contributed by atoms with E-state index in [9.17, 15) is 4.79 Å². The van der Waals surface area contributed by atoms with Crippen LogP contribution in [0.15, 0.2) is 30.3 Å². The van der Waals surface area contributed by atoms with Gasteiger partial charge < -0.3 is 4.74 Å². The fourth-order valence-corrected chi connectivity index (χ4v) is 3.71. The molecule has 0 saturated carbocycles. The van der Waals surface area contributed by atoms with E-state index in [4.69, 9.17) is 4.74 Å². The molecular weight excluding hydrogens is 360 g/mol. The van der Waals surface area contributed by atoms with Gasteiger partial charge in [0, 0.05) is 22.2 Å². The molecule has 0 aliphatic carbocycles. The zero-order valence-corrected chi connectivity index (χ0v) is 17.1. The molecule has 0 saturated heterocycles. The lowest BCUT2D eigenvalue weighted by Crippen LogP contribution is -2.13. The number of hydrogen-bond donors (Lipinski definition) is 1. The van der Waals surface area contributed by atoms with E-state index in [1.54, 1.807) is 6.07 Å². The SMILES string of the molecule is CCOc1ccc(-c2nc(NC(=O)c3cc(C)n(C(C)C)n3)sc2C)cc1. The maximum Gasteiger partial charge on any atom is 0.277 e. The monoisotopic (exact) mass is 384 g/mol. The second kappa shape index (κ2) is 7.92. The van der Waals surface area contributed by atoms with E-state index >= 15 is 0 Å². The number of anilines is 1. The van der Waals surface area contributed by atoms with Crippen molar-refractivity contribution in [3.63, 3.8) is 0 Å². The topological polar surface area (TPSA) is 69.0 Å². The number of hydrogen-bond acceptors (Lipinski definition) is 5. The van der Waals surface area contributed by atoms with E-state index < -0.39 is 0 Å². The quantitative estimate of drug-likeness (QED) is 0.659. The lowest BCUT2D eigenvalue weighted by atomic mass is 10.1. The Kier molecular flexibility index (Phi) is 5.60. The number of ether oxygens (including phenoxy) is 1. The summed E-state index contributed by atoms with van der Waals surface area (Å²) in [6.45, 7) is 10.6. The molecule has 27 heavy (non-hydrogen) atoms. The molecule has 0 aliphatic rings. The molecule has 0 atom stereocenters. The predicted octanol–water partition coefficient (Wildman–Crippen LogP) is 4.86. The van der Waals surface area contributed by atoms with Crippen molar-refractivity contribution < 1.29 is 9.53 Å². The highest BCUT2D eigenvalue weighted by atomic mass is 32.1. The molecule has 3 aromatic rings. The predicted molar refractivity (Wildman–Crippen MR) is 109 cm³/mol. The van der Waals surface area contributed by atoms with E-state index in [2.05, 4.69) is 15.4 Å². The number of benzene rings is 1.